The van der Waals surface area contributed by atoms with Crippen molar-refractivity contribution in [2.45, 2.75) is 50.6 Å². The number of halogens is 1. The number of hydrogen-bond acceptors (Lipinski definition) is 4. The summed E-state index contributed by atoms with van der Waals surface area (Å²) < 4.78 is 5.33. The topological polar surface area (TPSA) is 70.7 Å². The molecule has 2 aliphatic rings. The lowest BCUT2D eigenvalue weighted by Gasteiger charge is -2.34. The molecule has 2 amide bonds. The summed E-state index contributed by atoms with van der Waals surface area (Å²) in [7, 11) is 1.62. The molecular formula is C20H30ClN3O3. The molecule has 2 saturated heterocycles. The number of rotatable bonds is 5. The van der Waals surface area contributed by atoms with E-state index in [1.807, 2.05) is 29.2 Å². The Morgan fingerprint density at radius 3 is 2.59 bits per heavy atom. The number of piperidine rings is 2. The van der Waals surface area contributed by atoms with Gasteiger partial charge in [0.2, 0.25) is 11.8 Å². The first-order chi connectivity index (χ1) is 12.7. The van der Waals surface area contributed by atoms with Crippen LogP contribution in [0.5, 0.6) is 5.75 Å². The molecule has 7 heteroatoms. The van der Waals surface area contributed by atoms with Gasteiger partial charge in [0.25, 0.3) is 0 Å². The molecule has 1 aromatic carbocycles. The summed E-state index contributed by atoms with van der Waals surface area (Å²) in [6.45, 7) is 2.31. The molecular weight excluding hydrogens is 366 g/mol. The highest BCUT2D eigenvalue weighted by atomic mass is 35.5. The number of amides is 2. The minimum atomic E-state index is -0.0473. The second-order valence-corrected chi connectivity index (χ2v) is 7.15. The zero-order chi connectivity index (χ0) is 18.4. The van der Waals surface area contributed by atoms with Crippen LogP contribution in [-0.2, 0) is 16.0 Å². The Hall–Kier alpha value is -1.79. The Bertz CT molecular complexity index is 627. The molecule has 1 unspecified atom stereocenters. The van der Waals surface area contributed by atoms with Crippen LogP contribution in [0.15, 0.2) is 24.3 Å². The second kappa shape index (κ2) is 10.5. The van der Waals surface area contributed by atoms with Gasteiger partial charge < -0.3 is 20.3 Å². The molecule has 2 aliphatic heterocycles. The third-order valence-electron chi connectivity index (χ3n) is 5.36. The third-order valence-corrected chi connectivity index (χ3v) is 5.36. The summed E-state index contributed by atoms with van der Waals surface area (Å²) in [5.41, 5.74) is 0.916. The van der Waals surface area contributed by atoms with Crippen molar-refractivity contribution in [3.63, 3.8) is 0 Å². The van der Waals surface area contributed by atoms with Gasteiger partial charge in [0.15, 0.2) is 0 Å². The number of carbonyl (C=O) groups excluding carboxylic acids is 2. The number of likely N-dealkylation sites (tertiary alicyclic amines) is 1. The average molecular weight is 396 g/mol. The van der Waals surface area contributed by atoms with Crippen molar-refractivity contribution >= 4 is 24.2 Å². The molecule has 0 spiro atoms. The predicted molar refractivity (Wildman–Crippen MR) is 107 cm³/mol. The van der Waals surface area contributed by atoms with Crippen LogP contribution in [0.1, 0.15) is 37.7 Å². The number of methoxy groups -OCH3 is 1. The number of ether oxygens (including phenoxy) is 1. The van der Waals surface area contributed by atoms with E-state index in [9.17, 15) is 9.59 Å². The molecule has 0 aromatic heterocycles. The van der Waals surface area contributed by atoms with E-state index in [1.54, 1.807) is 7.11 Å². The zero-order valence-corrected chi connectivity index (χ0v) is 16.7. The molecule has 2 heterocycles. The Kier molecular flexibility index (Phi) is 8.38. The second-order valence-electron chi connectivity index (χ2n) is 7.15. The highest BCUT2D eigenvalue weighted by Crippen LogP contribution is 2.20. The van der Waals surface area contributed by atoms with Crippen molar-refractivity contribution in [1.29, 1.82) is 0 Å². The van der Waals surface area contributed by atoms with Crippen LogP contribution in [-0.4, -0.2) is 55.5 Å². The number of nitrogens with one attached hydrogen (secondary N) is 2. The number of nitrogens with zero attached hydrogens (tertiary/aromatic N) is 1. The van der Waals surface area contributed by atoms with Crippen molar-refractivity contribution in [2.75, 3.05) is 26.7 Å². The first-order valence-corrected chi connectivity index (χ1v) is 9.61. The normalized spacial score (nSPS) is 20.5. The van der Waals surface area contributed by atoms with Crippen LogP contribution in [0.2, 0.25) is 0 Å². The van der Waals surface area contributed by atoms with Crippen LogP contribution in [0.25, 0.3) is 0 Å². The van der Waals surface area contributed by atoms with Gasteiger partial charge in [0.1, 0.15) is 5.75 Å². The van der Waals surface area contributed by atoms with E-state index >= 15 is 0 Å². The van der Waals surface area contributed by atoms with Crippen molar-refractivity contribution in [3.05, 3.63) is 29.8 Å². The van der Waals surface area contributed by atoms with Crippen molar-refractivity contribution in [3.8, 4) is 5.75 Å². The Labute approximate surface area is 167 Å². The first kappa shape index (κ1) is 21.5. The summed E-state index contributed by atoms with van der Waals surface area (Å²) in [5, 5.41) is 6.44. The fraction of sp³-hybridized carbons (Fsp3) is 0.600. The van der Waals surface area contributed by atoms with Gasteiger partial charge in [-0.25, -0.2) is 0 Å². The highest BCUT2D eigenvalue weighted by molar-refractivity contribution is 5.85. The van der Waals surface area contributed by atoms with Crippen LogP contribution < -0.4 is 15.4 Å². The van der Waals surface area contributed by atoms with Gasteiger partial charge >= 0.3 is 0 Å². The van der Waals surface area contributed by atoms with E-state index in [4.69, 9.17) is 4.74 Å². The van der Waals surface area contributed by atoms with Crippen molar-refractivity contribution in [1.82, 2.24) is 15.5 Å². The summed E-state index contributed by atoms with van der Waals surface area (Å²) in [6, 6.07) is 7.76. The fourth-order valence-corrected chi connectivity index (χ4v) is 3.77. The van der Waals surface area contributed by atoms with Gasteiger partial charge in [0.05, 0.1) is 19.6 Å². The summed E-state index contributed by atoms with van der Waals surface area (Å²) in [4.78, 5) is 26.8. The quantitative estimate of drug-likeness (QED) is 0.799. The van der Waals surface area contributed by atoms with Crippen LogP contribution in [0.4, 0.5) is 0 Å². The molecule has 27 heavy (non-hydrogen) atoms. The standard InChI is InChI=1S/C20H29N3O3.ClH/c1-26-18-8-3-2-6-15(18)14-19(24)23-12-9-16(10-13-23)22-20(25)17-7-4-5-11-21-17;/h2-3,6,8,16-17,21H,4-5,7,9-14H2,1H3,(H,22,25);1H. The number of para-hydroxylation sites is 1. The van der Waals surface area contributed by atoms with E-state index < -0.39 is 0 Å². The first-order valence-electron chi connectivity index (χ1n) is 9.61. The summed E-state index contributed by atoms with van der Waals surface area (Å²) in [5.74, 6) is 0.986. The monoisotopic (exact) mass is 395 g/mol. The van der Waals surface area contributed by atoms with Crippen LogP contribution in [0, 0.1) is 0 Å². The molecule has 3 rings (SSSR count). The van der Waals surface area contributed by atoms with E-state index in [0.29, 0.717) is 19.5 Å². The minimum Gasteiger partial charge on any atom is -0.496 e. The lowest BCUT2D eigenvalue weighted by molar-refractivity contribution is -0.131. The van der Waals surface area contributed by atoms with Gasteiger partial charge in [-0.2, -0.15) is 0 Å². The van der Waals surface area contributed by atoms with E-state index in [1.165, 1.54) is 0 Å². The largest absolute Gasteiger partial charge is 0.496 e. The molecule has 150 valence electrons. The molecule has 2 fully saturated rings. The van der Waals surface area contributed by atoms with Gasteiger partial charge in [-0.05, 0) is 38.3 Å². The van der Waals surface area contributed by atoms with Gasteiger partial charge in [0, 0.05) is 24.7 Å². The Balaban J connectivity index is 0.00000261. The van der Waals surface area contributed by atoms with E-state index in [-0.39, 0.29) is 36.3 Å². The summed E-state index contributed by atoms with van der Waals surface area (Å²) in [6.07, 6.45) is 5.17. The smallest absolute Gasteiger partial charge is 0.237 e. The lowest BCUT2D eigenvalue weighted by atomic mass is 10.0. The maximum atomic E-state index is 12.6. The molecule has 2 N–H and O–H groups in total. The minimum absolute atomic E-state index is 0. The lowest BCUT2D eigenvalue weighted by Crippen LogP contribution is -2.52. The highest BCUT2D eigenvalue weighted by Gasteiger charge is 2.27. The number of hydrogen-bond donors (Lipinski definition) is 2. The zero-order valence-electron chi connectivity index (χ0n) is 15.9. The Morgan fingerprint density at radius 1 is 1.19 bits per heavy atom. The molecule has 1 aromatic rings. The Morgan fingerprint density at radius 2 is 1.93 bits per heavy atom. The molecule has 0 saturated carbocycles. The molecule has 0 radical (unpaired) electrons. The molecule has 6 nitrogen and oxygen atoms in total. The predicted octanol–water partition coefficient (Wildman–Crippen LogP) is 1.91. The molecule has 0 aliphatic carbocycles. The molecule has 1 atom stereocenters. The van der Waals surface area contributed by atoms with Gasteiger partial charge in [-0.1, -0.05) is 24.6 Å². The maximum absolute atomic E-state index is 12.6. The van der Waals surface area contributed by atoms with Crippen LogP contribution in [0.3, 0.4) is 0 Å². The van der Waals surface area contributed by atoms with Gasteiger partial charge in [-0.15, -0.1) is 12.4 Å². The maximum Gasteiger partial charge on any atom is 0.237 e. The molecule has 0 bridgehead atoms. The van der Waals surface area contributed by atoms with Crippen LogP contribution >= 0.6 is 12.4 Å². The summed E-state index contributed by atoms with van der Waals surface area (Å²) >= 11 is 0. The van der Waals surface area contributed by atoms with Gasteiger partial charge in [-0.3, -0.25) is 9.59 Å². The number of carbonyl (C=O) groups is 2. The van der Waals surface area contributed by atoms with Crippen molar-refractivity contribution in [2.24, 2.45) is 0 Å². The fourth-order valence-electron chi connectivity index (χ4n) is 3.77. The van der Waals surface area contributed by atoms with E-state index in [0.717, 1.165) is 50.0 Å². The average Bonchev–Trinajstić information content (AvgIpc) is 2.69. The van der Waals surface area contributed by atoms with Crippen molar-refractivity contribution < 1.29 is 14.3 Å². The van der Waals surface area contributed by atoms with E-state index in [2.05, 4.69) is 10.6 Å². The number of benzene rings is 1. The SMILES string of the molecule is COc1ccccc1CC(=O)N1CCC(NC(=O)C2CCCCN2)CC1.Cl. The third kappa shape index (κ3) is 5.84.